The summed E-state index contributed by atoms with van der Waals surface area (Å²) in [6.45, 7) is 0. The molecule has 0 bridgehead atoms. The van der Waals surface area contributed by atoms with Crippen molar-refractivity contribution in [2.45, 2.75) is 28.9 Å². The fraction of sp³-hybridized carbons (Fsp3) is 0.217. The molecule has 13 heteroatoms. The van der Waals surface area contributed by atoms with Crippen molar-refractivity contribution >= 4 is 10.1 Å². The van der Waals surface area contributed by atoms with Gasteiger partial charge in [0, 0.05) is 0 Å². The van der Waals surface area contributed by atoms with E-state index in [9.17, 15) is 47.9 Å². The maximum atomic E-state index is 14.6. The Balaban J connectivity index is 2.33. The van der Waals surface area contributed by atoms with Gasteiger partial charge in [-0.2, -0.15) is 47.9 Å². The van der Waals surface area contributed by atoms with Crippen LogP contribution in [-0.4, -0.2) is 31.7 Å². The van der Waals surface area contributed by atoms with Crippen LogP contribution in [0, 0.1) is 0 Å². The Bertz CT molecular complexity index is 1180. The standard InChI is InChI=1S/C23H15F9O3S/c24-20(25,22(28,29)30)21(26,27)23(31,32)36(33,34)35-19(16-10-4-1-5-11-16,17-12-6-2-7-13-17)18-14-8-3-9-15-18/h1-15H. The lowest BCUT2D eigenvalue weighted by atomic mass is 9.80. The first-order chi connectivity index (χ1) is 16.5. The molecule has 0 aromatic heterocycles. The van der Waals surface area contributed by atoms with E-state index in [1.165, 1.54) is 91.0 Å². The first kappa shape index (κ1) is 27.5. The lowest BCUT2D eigenvalue weighted by Gasteiger charge is -2.38. The van der Waals surface area contributed by atoms with E-state index in [0.717, 1.165) is 0 Å². The predicted molar refractivity (Wildman–Crippen MR) is 110 cm³/mol. The molecule has 0 saturated heterocycles. The largest absolute Gasteiger partial charge is 0.460 e. The minimum absolute atomic E-state index is 0.229. The number of halogens is 9. The summed E-state index contributed by atoms with van der Waals surface area (Å²) in [4.78, 5) is 0. The summed E-state index contributed by atoms with van der Waals surface area (Å²) in [5, 5.41) is -7.03. The molecule has 0 spiro atoms. The molecule has 0 aliphatic heterocycles. The van der Waals surface area contributed by atoms with Crippen molar-refractivity contribution in [2.24, 2.45) is 0 Å². The Kier molecular flexibility index (Phi) is 6.96. The fourth-order valence-corrected chi connectivity index (χ4v) is 4.56. The number of benzene rings is 3. The molecule has 0 fully saturated rings. The summed E-state index contributed by atoms with van der Waals surface area (Å²) < 4.78 is 152. The first-order valence-electron chi connectivity index (χ1n) is 9.84. The van der Waals surface area contributed by atoms with Gasteiger partial charge in [-0.1, -0.05) is 91.0 Å². The normalized spacial score (nSPS) is 14.0. The van der Waals surface area contributed by atoms with Crippen molar-refractivity contribution in [3.8, 4) is 0 Å². The maximum Gasteiger partial charge on any atom is 0.460 e. The lowest BCUT2D eigenvalue weighted by Crippen LogP contribution is -2.64. The van der Waals surface area contributed by atoms with Crippen molar-refractivity contribution < 1.29 is 52.1 Å². The third-order valence-corrected chi connectivity index (χ3v) is 6.56. The van der Waals surface area contributed by atoms with Crippen molar-refractivity contribution in [2.75, 3.05) is 0 Å². The van der Waals surface area contributed by atoms with E-state index in [1.54, 1.807) is 0 Å². The van der Waals surface area contributed by atoms with E-state index in [2.05, 4.69) is 4.18 Å². The van der Waals surface area contributed by atoms with E-state index in [4.69, 9.17) is 0 Å². The molecule has 0 unspecified atom stereocenters. The van der Waals surface area contributed by atoms with E-state index >= 15 is 0 Å². The second-order valence-corrected chi connectivity index (χ2v) is 9.07. The van der Waals surface area contributed by atoms with E-state index in [1.807, 2.05) is 0 Å². The number of hydrogen-bond acceptors (Lipinski definition) is 3. The monoisotopic (exact) mass is 542 g/mol. The molecule has 3 nitrogen and oxygen atoms in total. The number of alkyl halides is 9. The molecular formula is C23H15F9O3S. The van der Waals surface area contributed by atoms with Gasteiger partial charge in [0.25, 0.3) is 0 Å². The Hall–Kier alpha value is -3.06. The SMILES string of the molecule is O=S(=O)(OC(c1ccccc1)(c1ccccc1)c1ccccc1)C(F)(F)C(F)(F)C(F)(F)C(F)(F)F. The Morgan fingerprint density at radius 2 is 0.806 bits per heavy atom. The van der Waals surface area contributed by atoms with Gasteiger partial charge >= 0.3 is 33.4 Å². The second kappa shape index (κ2) is 9.11. The number of hydrogen-bond donors (Lipinski definition) is 0. The van der Waals surface area contributed by atoms with E-state index < -0.39 is 39.0 Å². The minimum atomic E-state index is -7.44. The topological polar surface area (TPSA) is 43.4 Å². The van der Waals surface area contributed by atoms with Crippen molar-refractivity contribution in [3.63, 3.8) is 0 Å². The third kappa shape index (κ3) is 4.23. The third-order valence-electron chi connectivity index (χ3n) is 5.21. The van der Waals surface area contributed by atoms with Gasteiger partial charge in [0.15, 0.2) is 5.60 Å². The van der Waals surface area contributed by atoms with Gasteiger partial charge in [0.2, 0.25) is 0 Å². The Labute approximate surface area is 199 Å². The zero-order valence-electron chi connectivity index (χ0n) is 17.7. The molecule has 0 aliphatic carbocycles. The van der Waals surface area contributed by atoms with Gasteiger partial charge in [-0.25, -0.2) is 4.18 Å². The van der Waals surface area contributed by atoms with Crippen LogP contribution in [0.2, 0.25) is 0 Å². The lowest BCUT2D eigenvalue weighted by molar-refractivity contribution is -0.383. The molecule has 0 N–H and O–H groups in total. The summed E-state index contributed by atoms with van der Waals surface area (Å²) in [5.74, 6) is -14.9. The van der Waals surface area contributed by atoms with Gasteiger partial charge in [0.1, 0.15) is 0 Å². The van der Waals surface area contributed by atoms with Crippen LogP contribution in [0.5, 0.6) is 0 Å². The molecule has 194 valence electrons. The quantitative estimate of drug-likeness (QED) is 0.180. The average molecular weight is 542 g/mol. The number of rotatable bonds is 8. The first-order valence-corrected chi connectivity index (χ1v) is 11.2. The summed E-state index contributed by atoms with van der Waals surface area (Å²) in [6, 6.07) is 19.3. The van der Waals surface area contributed by atoms with Crippen LogP contribution >= 0.6 is 0 Å². The minimum Gasteiger partial charge on any atom is -0.244 e. The molecule has 0 saturated carbocycles. The highest BCUT2D eigenvalue weighted by atomic mass is 32.2. The highest BCUT2D eigenvalue weighted by molar-refractivity contribution is 7.87. The zero-order valence-corrected chi connectivity index (χ0v) is 18.5. The molecule has 3 aromatic rings. The van der Waals surface area contributed by atoms with Crippen LogP contribution in [0.25, 0.3) is 0 Å². The molecular weight excluding hydrogens is 527 g/mol. The smallest absolute Gasteiger partial charge is 0.244 e. The van der Waals surface area contributed by atoms with Crippen LogP contribution in [0.4, 0.5) is 39.5 Å². The molecule has 0 atom stereocenters. The van der Waals surface area contributed by atoms with Crippen molar-refractivity contribution in [3.05, 3.63) is 108 Å². The average Bonchev–Trinajstić information content (AvgIpc) is 2.83. The second-order valence-electron chi connectivity index (χ2n) is 7.48. The molecule has 3 rings (SSSR count). The molecule has 36 heavy (non-hydrogen) atoms. The molecule has 0 amide bonds. The van der Waals surface area contributed by atoms with Crippen LogP contribution in [-0.2, 0) is 19.9 Å². The maximum absolute atomic E-state index is 14.6. The van der Waals surface area contributed by atoms with Gasteiger partial charge in [-0.3, -0.25) is 0 Å². The molecule has 0 aliphatic rings. The predicted octanol–water partition coefficient (Wildman–Crippen LogP) is 6.75. The Morgan fingerprint density at radius 3 is 1.08 bits per heavy atom. The van der Waals surface area contributed by atoms with Crippen LogP contribution in [0.15, 0.2) is 91.0 Å². The zero-order chi connectivity index (χ0) is 27.0. The summed E-state index contributed by atoms with van der Waals surface area (Å²) in [7, 11) is -7.23. The van der Waals surface area contributed by atoms with Gasteiger partial charge in [0.05, 0.1) is 0 Å². The van der Waals surface area contributed by atoms with Crippen molar-refractivity contribution in [1.29, 1.82) is 0 Å². The summed E-state index contributed by atoms with van der Waals surface area (Å²) >= 11 is 0. The molecule has 0 heterocycles. The summed E-state index contributed by atoms with van der Waals surface area (Å²) in [5.41, 5.74) is -3.37. The summed E-state index contributed by atoms with van der Waals surface area (Å²) in [6.07, 6.45) is -7.20. The Morgan fingerprint density at radius 1 is 0.500 bits per heavy atom. The van der Waals surface area contributed by atoms with Gasteiger partial charge in [-0.15, -0.1) is 0 Å². The fourth-order valence-electron chi connectivity index (χ4n) is 3.40. The van der Waals surface area contributed by atoms with Crippen molar-refractivity contribution in [1.82, 2.24) is 0 Å². The van der Waals surface area contributed by atoms with E-state index in [-0.39, 0.29) is 16.7 Å². The highest BCUT2D eigenvalue weighted by Gasteiger charge is 2.86. The molecule has 0 radical (unpaired) electrons. The van der Waals surface area contributed by atoms with Gasteiger partial charge < -0.3 is 0 Å². The van der Waals surface area contributed by atoms with Crippen LogP contribution < -0.4 is 0 Å². The van der Waals surface area contributed by atoms with Crippen LogP contribution in [0.1, 0.15) is 16.7 Å². The van der Waals surface area contributed by atoms with E-state index in [0.29, 0.717) is 0 Å². The van der Waals surface area contributed by atoms with Gasteiger partial charge in [-0.05, 0) is 16.7 Å². The van der Waals surface area contributed by atoms with Crippen LogP contribution in [0.3, 0.4) is 0 Å². The molecule has 3 aromatic carbocycles. The highest BCUT2D eigenvalue weighted by Crippen LogP contribution is 2.56.